The zero-order valence-corrected chi connectivity index (χ0v) is 15.4. The summed E-state index contributed by atoms with van der Waals surface area (Å²) in [6.45, 7) is 5.75. The minimum atomic E-state index is -1.62. The van der Waals surface area contributed by atoms with Crippen LogP contribution in [0.15, 0.2) is 11.1 Å². The summed E-state index contributed by atoms with van der Waals surface area (Å²) in [4.78, 5) is 3.94. The molecule has 9 heteroatoms. The Balaban J connectivity index is 0.00000146. The lowest BCUT2D eigenvalue weighted by Crippen LogP contribution is -2.33. The molecule has 0 amide bonds. The SMILES string of the molecule is CC.CO.COC(C)CC1CC(O)OC(c2c(F)c(F)cc(F)c2F)=N1. The number of aliphatic hydroxyl groups is 2. The molecule has 0 radical (unpaired) electrons. The summed E-state index contributed by atoms with van der Waals surface area (Å²) in [5.41, 5.74) is -1.06. The number of benzene rings is 1. The molecule has 0 bridgehead atoms. The molecular weight excluding hydrogens is 358 g/mol. The average molecular weight is 383 g/mol. The summed E-state index contributed by atoms with van der Waals surface area (Å²) < 4.78 is 63.9. The van der Waals surface area contributed by atoms with Crippen LogP contribution in [0.3, 0.4) is 0 Å². The van der Waals surface area contributed by atoms with Gasteiger partial charge in [-0.2, -0.15) is 0 Å². The normalized spacial score (nSPS) is 19.9. The molecule has 1 aliphatic rings. The standard InChI is InChI=1S/C14H15F4NO3.C2H6.CH4O/c1-6(21-2)3-7-4-10(20)22-14(19-7)11-12(17)8(15)5-9(16)13(11)18;2*1-2/h5-7,10,20H,3-4H2,1-2H3;1-2H3;2H,1H3. The number of rotatable bonds is 4. The van der Waals surface area contributed by atoms with Crippen molar-refractivity contribution in [1.29, 1.82) is 0 Å². The van der Waals surface area contributed by atoms with Gasteiger partial charge in [-0.1, -0.05) is 13.8 Å². The van der Waals surface area contributed by atoms with Crippen molar-refractivity contribution in [3.63, 3.8) is 0 Å². The number of nitrogens with zero attached hydrogens (tertiary/aromatic N) is 1. The van der Waals surface area contributed by atoms with Gasteiger partial charge in [0.2, 0.25) is 12.2 Å². The van der Waals surface area contributed by atoms with E-state index in [0.717, 1.165) is 7.11 Å². The van der Waals surface area contributed by atoms with Gasteiger partial charge in [0.15, 0.2) is 23.3 Å². The predicted molar refractivity (Wildman–Crippen MR) is 88.9 cm³/mol. The number of hydrogen-bond donors (Lipinski definition) is 2. The Bertz CT molecular complexity index is 572. The lowest BCUT2D eigenvalue weighted by molar-refractivity contribution is -0.0501. The molecular formula is C17H25F4NO4. The van der Waals surface area contributed by atoms with Gasteiger partial charge >= 0.3 is 0 Å². The van der Waals surface area contributed by atoms with E-state index in [1.54, 1.807) is 6.92 Å². The van der Waals surface area contributed by atoms with E-state index in [-0.39, 0.29) is 18.6 Å². The Labute approximate surface area is 150 Å². The molecule has 3 atom stereocenters. The van der Waals surface area contributed by atoms with Gasteiger partial charge in [-0.25, -0.2) is 22.6 Å². The Morgan fingerprint density at radius 1 is 1.19 bits per heavy atom. The lowest BCUT2D eigenvalue weighted by atomic mass is 10.0. The van der Waals surface area contributed by atoms with Gasteiger partial charge in [0.25, 0.3) is 0 Å². The molecule has 3 unspecified atom stereocenters. The molecule has 2 N–H and O–H groups in total. The molecule has 5 nitrogen and oxygen atoms in total. The van der Waals surface area contributed by atoms with Crippen LogP contribution in [0.1, 0.15) is 39.2 Å². The molecule has 2 rings (SSSR count). The smallest absolute Gasteiger partial charge is 0.225 e. The van der Waals surface area contributed by atoms with Crippen molar-refractivity contribution < 1.29 is 37.2 Å². The Morgan fingerprint density at radius 3 is 2.15 bits per heavy atom. The summed E-state index contributed by atoms with van der Waals surface area (Å²) in [6, 6.07) is -0.461. The predicted octanol–water partition coefficient (Wildman–Crippen LogP) is 3.16. The minimum absolute atomic E-state index is 0.0816. The van der Waals surface area contributed by atoms with Crippen molar-refractivity contribution >= 4 is 5.90 Å². The van der Waals surface area contributed by atoms with Gasteiger partial charge in [-0.3, -0.25) is 0 Å². The molecule has 1 heterocycles. The molecule has 0 fully saturated rings. The molecule has 0 aliphatic carbocycles. The molecule has 26 heavy (non-hydrogen) atoms. The second-order valence-electron chi connectivity index (χ2n) is 5.02. The zero-order valence-electron chi connectivity index (χ0n) is 15.4. The number of ether oxygens (including phenoxy) is 2. The highest BCUT2D eigenvalue weighted by atomic mass is 19.2. The van der Waals surface area contributed by atoms with E-state index < -0.39 is 47.1 Å². The Kier molecular flexibility index (Phi) is 11.0. The van der Waals surface area contributed by atoms with Crippen LogP contribution < -0.4 is 0 Å². The van der Waals surface area contributed by atoms with E-state index in [1.165, 1.54) is 7.11 Å². The van der Waals surface area contributed by atoms with Gasteiger partial charge in [0.05, 0.1) is 12.1 Å². The molecule has 0 saturated carbocycles. The van der Waals surface area contributed by atoms with Crippen molar-refractivity contribution in [1.82, 2.24) is 0 Å². The number of aliphatic imine (C=N–C) groups is 1. The summed E-state index contributed by atoms with van der Waals surface area (Å²) in [5, 5.41) is 16.6. The largest absolute Gasteiger partial charge is 0.448 e. The van der Waals surface area contributed by atoms with Crippen LogP contribution in [-0.2, 0) is 9.47 Å². The Morgan fingerprint density at radius 2 is 1.69 bits per heavy atom. The van der Waals surface area contributed by atoms with Gasteiger partial charge in [0, 0.05) is 26.7 Å². The summed E-state index contributed by atoms with van der Waals surface area (Å²) >= 11 is 0. The first kappa shape index (κ1) is 24.3. The fourth-order valence-corrected chi connectivity index (χ4v) is 2.17. The topological polar surface area (TPSA) is 71.3 Å². The van der Waals surface area contributed by atoms with E-state index in [2.05, 4.69) is 4.99 Å². The van der Waals surface area contributed by atoms with Crippen LogP contribution in [-0.4, -0.2) is 48.8 Å². The fourth-order valence-electron chi connectivity index (χ4n) is 2.17. The summed E-state index contributed by atoms with van der Waals surface area (Å²) in [5.74, 6) is -7.04. The van der Waals surface area contributed by atoms with Gasteiger partial charge in [-0.15, -0.1) is 0 Å². The van der Waals surface area contributed by atoms with Crippen molar-refractivity contribution in [3.05, 3.63) is 34.9 Å². The highest BCUT2D eigenvalue weighted by molar-refractivity contribution is 5.95. The van der Waals surface area contributed by atoms with Gasteiger partial charge in [0.1, 0.15) is 5.56 Å². The summed E-state index contributed by atoms with van der Waals surface area (Å²) in [6.07, 6.45) is -1.18. The lowest BCUT2D eigenvalue weighted by Gasteiger charge is -2.27. The van der Waals surface area contributed by atoms with E-state index in [0.29, 0.717) is 6.42 Å². The van der Waals surface area contributed by atoms with Crippen molar-refractivity contribution in [3.8, 4) is 0 Å². The molecule has 150 valence electrons. The molecule has 0 saturated heterocycles. The maximum atomic E-state index is 13.8. The van der Waals surface area contributed by atoms with Crippen LogP contribution in [0.5, 0.6) is 0 Å². The first-order chi connectivity index (χ1) is 12.3. The first-order valence-electron chi connectivity index (χ1n) is 8.06. The summed E-state index contributed by atoms with van der Waals surface area (Å²) in [7, 11) is 2.48. The maximum Gasteiger partial charge on any atom is 0.225 e. The van der Waals surface area contributed by atoms with Crippen LogP contribution >= 0.6 is 0 Å². The monoisotopic (exact) mass is 383 g/mol. The van der Waals surface area contributed by atoms with E-state index in [9.17, 15) is 22.7 Å². The number of hydrogen-bond acceptors (Lipinski definition) is 5. The molecule has 1 aliphatic heterocycles. The van der Waals surface area contributed by atoms with Crippen LogP contribution in [0.25, 0.3) is 0 Å². The Hall–Kier alpha value is -1.71. The molecule has 1 aromatic rings. The van der Waals surface area contributed by atoms with E-state index >= 15 is 0 Å². The van der Waals surface area contributed by atoms with E-state index in [1.807, 2.05) is 13.8 Å². The van der Waals surface area contributed by atoms with Crippen molar-refractivity contribution in [2.45, 2.75) is 52.0 Å². The third kappa shape index (κ3) is 6.22. The molecule has 0 aromatic heterocycles. The maximum absolute atomic E-state index is 13.8. The van der Waals surface area contributed by atoms with Crippen LogP contribution in [0.2, 0.25) is 0 Å². The first-order valence-corrected chi connectivity index (χ1v) is 8.06. The second-order valence-corrected chi connectivity index (χ2v) is 5.02. The minimum Gasteiger partial charge on any atom is -0.448 e. The van der Waals surface area contributed by atoms with Crippen LogP contribution in [0, 0.1) is 23.3 Å². The van der Waals surface area contributed by atoms with E-state index in [4.69, 9.17) is 14.6 Å². The third-order valence-electron chi connectivity index (χ3n) is 3.35. The van der Waals surface area contributed by atoms with Crippen LogP contribution in [0.4, 0.5) is 17.6 Å². The third-order valence-corrected chi connectivity index (χ3v) is 3.35. The van der Waals surface area contributed by atoms with Crippen molar-refractivity contribution in [2.75, 3.05) is 14.2 Å². The number of halogens is 4. The highest BCUT2D eigenvalue weighted by Crippen LogP contribution is 2.25. The fraction of sp³-hybridized carbons (Fsp3) is 0.588. The molecule has 0 spiro atoms. The van der Waals surface area contributed by atoms with Gasteiger partial charge < -0.3 is 19.7 Å². The molecule has 1 aromatic carbocycles. The highest BCUT2D eigenvalue weighted by Gasteiger charge is 2.31. The second kappa shape index (κ2) is 11.8. The number of aliphatic hydroxyl groups excluding tert-OH is 2. The average Bonchev–Trinajstić information content (AvgIpc) is 2.63. The van der Waals surface area contributed by atoms with Gasteiger partial charge in [-0.05, 0) is 13.3 Å². The quantitative estimate of drug-likeness (QED) is 0.619. The zero-order chi connectivity index (χ0) is 20.4. The van der Waals surface area contributed by atoms with Crippen molar-refractivity contribution in [2.24, 2.45) is 4.99 Å². The number of methoxy groups -OCH3 is 1.